The normalized spacial score (nSPS) is 22.9. The van der Waals surface area contributed by atoms with E-state index in [4.69, 9.17) is 0 Å². The van der Waals surface area contributed by atoms with Crippen molar-refractivity contribution in [1.29, 1.82) is 0 Å². The van der Waals surface area contributed by atoms with Crippen LogP contribution < -0.4 is 10.6 Å². The van der Waals surface area contributed by atoms with Crippen molar-refractivity contribution in [3.05, 3.63) is 35.9 Å². The zero-order valence-corrected chi connectivity index (χ0v) is 10.1. The van der Waals surface area contributed by atoms with Gasteiger partial charge in [0.2, 0.25) is 0 Å². The van der Waals surface area contributed by atoms with Crippen molar-refractivity contribution in [2.24, 2.45) is 0 Å². The van der Waals surface area contributed by atoms with Crippen LogP contribution in [-0.2, 0) is 6.42 Å². The SMILES string of the molecule is CC(Cc1ccccc1)NC1CCCNC1. The fourth-order valence-corrected chi connectivity index (χ4v) is 2.42. The fraction of sp³-hybridized carbons (Fsp3) is 0.571. The van der Waals surface area contributed by atoms with Crippen LogP contribution in [0.1, 0.15) is 25.3 Å². The quantitative estimate of drug-likeness (QED) is 0.807. The summed E-state index contributed by atoms with van der Waals surface area (Å²) in [7, 11) is 0. The molecule has 1 aliphatic heterocycles. The molecule has 16 heavy (non-hydrogen) atoms. The first kappa shape index (κ1) is 11.6. The maximum atomic E-state index is 3.70. The van der Waals surface area contributed by atoms with Gasteiger partial charge in [0.15, 0.2) is 0 Å². The fourth-order valence-electron chi connectivity index (χ4n) is 2.42. The molecular weight excluding hydrogens is 196 g/mol. The van der Waals surface area contributed by atoms with Crippen LogP contribution in [-0.4, -0.2) is 25.2 Å². The van der Waals surface area contributed by atoms with E-state index in [0.29, 0.717) is 12.1 Å². The Labute approximate surface area is 98.4 Å². The zero-order chi connectivity index (χ0) is 11.2. The van der Waals surface area contributed by atoms with E-state index in [0.717, 1.165) is 13.0 Å². The van der Waals surface area contributed by atoms with Crippen molar-refractivity contribution in [3.8, 4) is 0 Å². The van der Waals surface area contributed by atoms with Gasteiger partial charge in [-0.25, -0.2) is 0 Å². The third-order valence-corrected chi connectivity index (χ3v) is 3.20. The topological polar surface area (TPSA) is 24.1 Å². The molecule has 1 aromatic rings. The van der Waals surface area contributed by atoms with Crippen LogP contribution >= 0.6 is 0 Å². The average Bonchev–Trinajstić information content (AvgIpc) is 2.31. The first-order chi connectivity index (χ1) is 7.84. The van der Waals surface area contributed by atoms with Gasteiger partial charge in [0.05, 0.1) is 0 Å². The van der Waals surface area contributed by atoms with E-state index in [-0.39, 0.29) is 0 Å². The Kier molecular flexibility index (Phi) is 4.37. The third kappa shape index (κ3) is 3.62. The molecule has 1 fully saturated rings. The number of hydrogen-bond acceptors (Lipinski definition) is 2. The molecule has 2 heteroatoms. The van der Waals surface area contributed by atoms with Gasteiger partial charge in [-0.1, -0.05) is 30.3 Å². The molecule has 0 aliphatic carbocycles. The Balaban J connectivity index is 1.77. The molecular formula is C14H22N2. The van der Waals surface area contributed by atoms with Gasteiger partial charge >= 0.3 is 0 Å². The van der Waals surface area contributed by atoms with Gasteiger partial charge in [0.25, 0.3) is 0 Å². The van der Waals surface area contributed by atoms with E-state index in [2.05, 4.69) is 47.9 Å². The lowest BCUT2D eigenvalue weighted by Crippen LogP contribution is -2.47. The lowest BCUT2D eigenvalue weighted by molar-refractivity contribution is 0.357. The first-order valence-electron chi connectivity index (χ1n) is 6.35. The Morgan fingerprint density at radius 1 is 1.38 bits per heavy atom. The van der Waals surface area contributed by atoms with Gasteiger partial charge in [-0.05, 0) is 38.3 Å². The molecule has 1 aromatic carbocycles. The monoisotopic (exact) mass is 218 g/mol. The first-order valence-corrected chi connectivity index (χ1v) is 6.35. The summed E-state index contributed by atoms with van der Waals surface area (Å²) in [5.41, 5.74) is 1.42. The summed E-state index contributed by atoms with van der Waals surface area (Å²) in [5.74, 6) is 0. The molecule has 0 bridgehead atoms. The summed E-state index contributed by atoms with van der Waals surface area (Å²) in [5, 5.41) is 7.15. The lowest BCUT2D eigenvalue weighted by Gasteiger charge is -2.27. The Morgan fingerprint density at radius 2 is 2.19 bits per heavy atom. The highest BCUT2D eigenvalue weighted by atomic mass is 15.0. The highest BCUT2D eigenvalue weighted by molar-refractivity contribution is 5.15. The minimum Gasteiger partial charge on any atom is -0.315 e. The average molecular weight is 218 g/mol. The number of piperidine rings is 1. The molecule has 2 unspecified atom stereocenters. The van der Waals surface area contributed by atoms with Gasteiger partial charge < -0.3 is 10.6 Å². The molecule has 1 saturated heterocycles. The Morgan fingerprint density at radius 3 is 2.88 bits per heavy atom. The van der Waals surface area contributed by atoms with Crippen molar-refractivity contribution >= 4 is 0 Å². The molecule has 88 valence electrons. The van der Waals surface area contributed by atoms with Crippen LogP contribution in [0.25, 0.3) is 0 Å². The second-order valence-corrected chi connectivity index (χ2v) is 4.80. The maximum absolute atomic E-state index is 3.70. The standard InChI is InChI=1S/C14H22N2/c1-12(10-13-6-3-2-4-7-13)16-14-8-5-9-15-11-14/h2-4,6-7,12,14-16H,5,8-11H2,1H3. The Hall–Kier alpha value is -0.860. The highest BCUT2D eigenvalue weighted by Crippen LogP contribution is 2.06. The molecule has 2 nitrogen and oxygen atoms in total. The Bertz CT molecular complexity index is 291. The van der Waals surface area contributed by atoms with E-state index >= 15 is 0 Å². The van der Waals surface area contributed by atoms with Crippen LogP contribution in [0.5, 0.6) is 0 Å². The van der Waals surface area contributed by atoms with Crippen LogP contribution in [0.2, 0.25) is 0 Å². The van der Waals surface area contributed by atoms with Gasteiger partial charge in [-0.15, -0.1) is 0 Å². The van der Waals surface area contributed by atoms with Crippen molar-refractivity contribution < 1.29 is 0 Å². The number of rotatable bonds is 4. The van der Waals surface area contributed by atoms with Gasteiger partial charge in [0.1, 0.15) is 0 Å². The van der Waals surface area contributed by atoms with E-state index in [9.17, 15) is 0 Å². The van der Waals surface area contributed by atoms with Crippen molar-refractivity contribution in [2.45, 2.75) is 38.3 Å². The van der Waals surface area contributed by atoms with E-state index in [1.807, 2.05) is 0 Å². The van der Waals surface area contributed by atoms with Crippen molar-refractivity contribution in [1.82, 2.24) is 10.6 Å². The van der Waals surface area contributed by atoms with E-state index in [1.165, 1.54) is 24.9 Å². The summed E-state index contributed by atoms with van der Waals surface area (Å²) >= 11 is 0. The smallest absolute Gasteiger partial charge is 0.0195 e. The van der Waals surface area contributed by atoms with E-state index < -0.39 is 0 Å². The molecule has 2 rings (SSSR count). The van der Waals surface area contributed by atoms with E-state index in [1.54, 1.807) is 0 Å². The third-order valence-electron chi connectivity index (χ3n) is 3.20. The molecule has 0 radical (unpaired) electrons. The number of nitrogens with one attached hydrogen (secondary N) is 2. The predicted molar refractivity (Wildman–Crippen MR) is 68.6 cm³/mol. The predicted octanol–water partition coefficient (Wildman–Crippen LogP) is 1.96. The number of hydrogen-bond donors (Lipinski definition) is 2. The lowest BCUT2D eigenvalue weighted by atomic mass is 10.0. The zero-order valence-electron chi connectivity index (χ0n) is 10.1. The number of benzene rings is 1. The van der Waals surface area contributed by atoms with Gasteiger partial charge in [-0.3, -0.25) is 0 Å². The molecule has 0 spiro atoms. The summed E-state index contributed by atoms with van der Waals surface area (Å²) < 4.78 is 0. The second kappa shape index (κ2) is 6.02. The summed E-state index contributed by atoms with van der Waals surface area (Å²) in [6.07, 6.45) is 3.74. The van der Waals surface area contributed by atoms with Gasteiger partial charge in [-0.2, -0.15) is 0 Å². The summed E-state index contributed by atoms with van der Waals surface area (Å²) in [4.78, 5) is 0. The highest BCUT2D eigenvalue weighted by Gasteiger charge is 2.14. The maximum Gasteiger partial charge on any atom is 0.0195 e. The van der Waals surface area contributed by atoms with Crippen molar-refractivity contribution in [3.63, 3.8) is 0 Å². The minimum absolute atomic E-state index is 0.562. The minimum atomic E-state index is 0.562. The molecule has 0 saturated carbocycles. The molecule has 2 N–H and O–H groups in total. The van der Waals surface area contributed by atoms with Crippen LogP contribution in [0.4, 0.5) is 0 Å². The molecule has 1 aliphatic rings. The van der Waals surface area contributed by atoms with Gasteiger partial charge in [0, 0.05) is 18.6 Å². The summed E-state index contributed by atoms with van der Waals surface area (Å²) in [6.45, 7) is 4.59. The second-order valence-electron chi connectivity index (χ2n) is 4.80. The summed E-state index contributed by atoms with van der Waals surface area (Å²) in [6, 6.07) is 11.9. The van der Waals surface area contributed by atoms with Crippen LogP contribution in [0, 0.1) is 0 Å². The molecule has 1 heterocycles. The molecule has 2 atom stereocenters. The van der Waals surface area contributed by atoms with Crippen LogP contribution in [0.3, 0.4) is 0 Å². The largest absolute Gasteiger partial charge is 0.315 e. The molecule has 0 amide bonds. The van der Waals surface area contributed by atoms with Crippen LogP contribution in [0.15, 0.2) is 30.3 Å². The van der Waals surface area contributed by atoms with Crippen molar-refractivity contribution in [2.75, 3.05) is 13.1 Å². The molecule has 0 aromatic heterocycles.